The summed E-state index contributed by atoms with van der Waals surface area (Å²) < 4.78 is 6.26. The van der Waals surface area contributed by atoms with Gasteiger partial charge in [-0.2, -0.15) is 0 Å². The normalized spacial score (nSPS) is 12.2. The van der Waals surface area contributed by atoms with Gasteiger partial charge in [-0.25, -0.2) is 0 Å². The van der Waals surface area contributed by atoms with Crippen molar-refractivity contribution in [3.63, 3.8) is 0 Å². The van der Waals surface area contributed by atoms with Gasteiger partial charge in [0, 0.05) is 5.88 Å². The number of aryl methyl sites for hydroxylation is 1. The zero-order valence-electron chi connectivity index (χ0n) is 12.4. The molecule has 2 aromatic rings. The van der Waals surface area contributed by atoms with Crippen molar-refractivity contribution in [3.05, 3.63) is 63.6 Å². The van der Waals surface area contributed by atoms with Crippen LogP contribution in [0.2, 0.25) is 0 Å². The van der Waals surface area contributed by atoms with E-state index in [4.69, 9.17) is 16.3 Å². The zero-order chi connectivity index (χ0) is 15.2. The molecule has 112 valence electrons. The van der Waals surface area contributed by atoms with Crippen LogP contribution in [0.3, 0.4) is 0 Å². The third kappa shape index (κ3) is 4.76. The Balaban J connectivity index is 2.05. The van der Waals surface area contributed by atoms with Crippen LogP contribution < -0.4 is 4.74 Å². The van der Waals surface area contributed by atoms with E-state index in [1.807, 2.05) is 6.07 Å². The van der Waals surface area contributed by atoms with Gasteiger partial charge in [0.1, 0.15) is 5.75 Å². The number of halogens is 2. The Kier molecular flexibility index (Phi) is 6.13. The van der Waals surface area contributed by atoms with E-state index in [2.05, 4.69) is 59.3 Å². The van der Waals surface area contributed by atoms with E-state index in [0.29, 0.717) is 11.8 Å². The van der Waals surface area contributed by atoms with Crippen LogP contribution in [0.4, 0.5) is 0 Å². The van der Waals surface area contributed by atoms with Crippen LogP contribution in [0.15, 0.2) is 46.9 Å². The van der Waals surface area contributed by atoms with Crippen LogP contribution in [-0.4, -0.2) is 13.0 Å². The van der Waals surface area contributed by atoms with Crippen molar-refractivity contribution in [2.45, 2.75) is 19.8 Å². The summed E-state index contributed by atoms with van der Waals surface area (Å²) in [4.78, 5) is 0. The van der Waals surface area contributed by atoms with Crippen molar-refractivity contribution in [2.75, 3.05) is 13.0 Å². The molecule has 2 aromatic carbocycles. The van der Waals surface area contributed by atoms with Crippen LogP contribution >= 0.6 is 27.5 Å². The molecule has 0 radical (unpaired) electrons. The maximum Gasteiger partial charge on any atom is 0.133 e. The van der Waals surface area contributed by atoms with Crippen molar-refractivity contribution in [2.24, 2.45) is 5.92 Å². The van der Waals surface area contributed by atoms with Gasteiger partial charge in [0.15, 0.2) is 0 Å². The first-order chi connectivity index (χ1) is 10.1. The summed E-state index contributed by atoms with van der Waals surface area (Å²) in [7, 11) is 1.68. The Morgan fingerprint density at radius 1 is 1.05 bits per heavy atom. The van der Waals surface area contributed by atoms with Gasteiger partial charge in [-0.3, -0.25) is 0 Å². The van der Waals surface area contributed by atoms with E-state index in [0.717, 1.165) is 23.1 Å². The van der Waals surface area contributed by atoms with Gasteiger partial charge in [0.05, 0.1) is 11.6 Å². The van der Waals surface area contributed by atoms with Crippen molar-refractivity contribution in [1.29, 1.82) is 0 Å². The molecule has 1 nitrogen and oxygen atoms in total. The quantitative estimate of drug-likeness (QED) is 0.621. The van der Waals surface area contributed by atoms with Gasteiger partial charge < -0.3 is 4.74 Å². The van der Waals surface area contributed by atoms with Gasteiger partial charge in [-0.15, -0.1) is 11.6 Å². The lowest BCUT2D eigenvalue weighted by atomic mass is 9.94. The predicted octanol–water partition coefficient (Wildman–Crippen LogP) is 5.41. The third-order valence-corrected chi connectivity index (χ3v) is 4.66. The minimum absolute atomic E-state index is 0.440. The van der Waals surface area contributed by atoms with E-state index in [-0.39, 0.29) is 0 Å². The van der Waals surface area contributed by atoms with Crippen molar-refractivity contribution < 1.29 is 4.74 Å². The summed E-state index contributed by atoms with van der Waals surface area (Å²) in [5.41, 5.74) is 3.92. The zero-order valence-corrected chi connectivity index (χ0v) is 14.7. The highest BCUT2D eigenvalue weighted by Gasteiger charge is 2.11. The number of hydrogen-bond donors (Lipinski definition) is 0. The summed E-state index contributed by atoms with van der Waals surface area (Å²) in [5, 5.41) is 0. The van der Waals surface area contributed by atoms with Gasteiger partial charge in [-0.1, -0.05) is 35.9 Å². The molecule has 0 aliphatic heterocycles. The second-order valence-electron chi connectivity index (χ2n) is 5.38. The molecular formula is C18H20BrClO. The van der Waals surface area contributed by atoms with Gasteiger partial charge in [0.2, 0.25) is 0 Å². The molecule has 0 saturated heterocycles. The Morgan fingerprint density at radius 3 is 2.24 bits per heavy atom. The van der Waals surface area contributed by atoms with E-state index < -0.39 is 0 Å². The Bertz CT molecular complexity index is 580. The molecule has 0 aliphatic carbocycles. The number of rotatable bonds is 6. The molecule has 2 rings (SSSR count). The lowest BCUT2D eigenvalue weighted by molar-refractivity contribution is 0.412. The Morgan fingerprint density at radius 2 is 1.67 bits per heavy atom. The van der Waals surface area contributed by atoms with Crippen LogP contribution in [0.5, 0.6) is 5.75 Å². The highest BCUT2D eigenvalue weighted by atomic mass is 79.9. The minimum Gasteiger partial charge on any atom is -0.496 e. The van der Waals surface area contributed by atoms with Crippen molar-refractivity contribution in [3.8, 4) is 5.75 Å². The van der Waals surface area contributed by atoms with Crippen LogP contribution in [-0.2, 0) is 12.8 Å². The SMILES string of the molecule is COc1ccc(CC(CCl)Cc2ccc(C)cc2)cc1Br. The fraction of sp³-hybridized carbons (Fsp3) is 0.333. The molecule has 1 atom stereocenters. The molecule has 0 amide bonds. The molecule has 0 N–H and O–H groups in total. The van der Waals surface area contributed by atoms with E-state index in [9.17, 15) is 0 Å². The van der Waals surface area contributed by atoms with Crippen LogP contribution in [0.25, 0.3) is 0 Å². The van der Waals surface area contributed by atoms with E-state index in [1.165, 1.54) is 16.7 Å². The first kappa shape index (κ1) is 16.4. The second-order valence-corrected chi connectivity index (χ2v) is 6.55. The van der Waals surface area contributed by atoms with Gasteiger partial charge >= 0.3 is 0 Å². The molecular weight excluding hydrogens is 348 g/mol. The maximum absolute atomic E-state index is 6.16. The van der Waals surface area contributed by atoms with Gasteiger partial charge in [0.25, 0.3) is 0 Å². The first-order valence-corrected chi connectivity index (χ1v) is 8.39. The number of ether oxygens (including phenoxy) is 1. The summed E-state index contributed by atoms with van der Waals surface area (Å²) in [5.74, 6) is 1.96. The summed E-state index contributed by atoms with van der Waals surface area (Å²) in [6, 6.07) is 14.9. The van der Waals surface area contributed by atoms with Crippen molar-refractivity contribution >= 4 is 27.5 Å². The molecule has 1 unspecified atom stereocenters. The standard InChI is InChI=1S/C18H20BrClO/c1-13-3-5-14(6-4-13)9-16(12-20)10-15-7-8-18(21-2)17(19)11-15/h3-8,11,16H,9-10,12H2,1-2H3. The average Bonchev–Trinajstić information content (AvgIpc) is 2.49. The van der Waals surface area contributed by atoms with Crippen LogP contribution in [0, 0.1) is 12.8 Å². The molecule has 0 aliphatic rings. The molecule has 0 heterocycles. The highest BCUT2D eigenvalue weighted by molar-refractivity contribution is 9.10. The molecule has 0 spiro atoms. The van der Waals surface area contributed by atoms with Crippen LogP contribution in [0.1, 0.15) is 16.7 Å². The summed E-state index contributed by atoms with van der Waals surface area (Å²) in [6.07, 6.45) is 1.98. The Labute approximate surface area is 140 Å². The fourth-order valence-electron chi connectivity index (χ4n) is 2.41. The Hall–Kier alpha value is -0.990. The average molecular weight is 368 g/mol. The number of benzene rings is 2. The monoisotopic (exact) mass is 366 g/mol. The maximum atomic E-state index is 6.16. The molecule has 21 heavy (non-hydrogen) atoms. The molecule has 0 bridgehead atoms. The second kappa shape index (κ2) is 7.86. The molecule has 0 fully saturated rings. The molecule has 0 aromatic heterocycles. The lowest BCUT2D eigenvalue weighted by Gasteiger charge is -2.15. The fourth-order valence-corrected chi connectivity index (χ4v) is 3.22. The highest BCUT2D eigenvalue weighted by Crippen LogP contribution is 2.27. The molecule has 3 heteroatoms. The van der Waals surface area contributed by atoms with E-state index >= 15 is 0 Å². The largest absolute Gasteiger partial charge is 0.496 e. The van der Waals surface area contributed by atoms with Gasteiger partial charge in [-0.05, 0) is 64.9 Å². The topological polar surface area (TPSA) is 9.23 Å². The lowest BCUT2D eigenvalue weighted by Crippen LogP contribution is -2.10. The first-order valence-electron chi connectivity index (χ1n) is 7.06. The molecule has 0 saturated carbocycles. The predicted molar refractivity (Wildman–Crippen MR) is 93.5 cm³/mol. The number of methoxy groups -OCH3 is 1. The number of hydrogen-bond acceptors (Lipinski definition) is 1. The number of alkyl halides is 1. The summed E-state index contributed by atoms with van der Waals surface area (Å²) >= 11 is 9.70. The third-order valence-electron chi connectivity index (χ3n) is 3.60. The smallest absolute Gasteiger partial charge is 0.133 e. The van der Waals surface area contributed by atoms with Crippen molar-refractivity contribution in [1.82, 2.24) is 0 Å². The van der Waals surface area contributed by atoms with E-state index in [1.54, 1.807) is 7.11 Å². The minimum atomic E-state index is 0.440. The summed E-state index contributed by atoms with van der Waals surface area (Å²) in [6.45, 7) is 2.11.